The maximum atomic E-state index is 2.70. The van der Waals surface area contributed by atoms with E-state index < -0.39 is 0 Å². The van der Waals surface area contributed by atoms with Crippen LogP contribution in [0.5, 0.6) is 0 Å². The first-order valence-corrected chi connectivity index (χ1v) is 22.4. The third-order valence-electron chi connectivity index (χ3n) is 14.6. The molecule has 0 aromatic heterocycles. The van der Waals surface area contributed by atoms with Gasteiger partial charge in [0, 0.05) is 38.9 Å². The Morgan fingerprint density at radius 2 is 1.56 bits per heavy atom. The van der Waals surface area contributed by atoms with E-state index in [4.69, 9.17) is 0 Å². The largest absolute Gasteiger partial charge is 0.337 e. The summed E-state index contributed by atoms with van der Waals surface area (Å²) in [6.07, 6.45) is 30.3. The second-order valence-electron chi connectivity index (χ2n) is 18.7. The van der Waals surface area contributed by atoms with Crippen LogP contribution in [0.15, 0.2) is 161 Å². The topological polar surface area (TPSA) is 3.24 Å². The van der Waals surface area contributed by atoms with Crippen molar-refractivity contribution in [2.24, 2.45) is 11.8 Å². The highest BCUT2D eigenvalue weighted by Crippen LogP contribution is 2.60. The van der Waals surface area contributed by atoms with Gasteiger partial charge in [-0.15, -0.1) is 11.8 Å². The zero-order valence-corrected chi connectivity index (χ0v) is 34.9. The van der Waals surface area contributed by atoms with Gasteiger partial charge in [0.2, 0.25) is 0 Å². The quantitative estimate of drug-likeness (QED) is 0.186. The maximum Gasteiger partial charge on any atom is 0.0601 e. The first kappa shape index (κ1) is 35.4. The molecule has 0 bridgehead atoms. The summed E-state index contributed by atoms with van der Waals surface area (Å²) in [5.41, 5.74) is 20.1. The fourth-order valence-corrected chi connectivity index (χ4v) is 13.2. The van der Waals surface area contributed by atoms with Crippen LogP contribution in [0, 0.1) is 11.8 Å². The summed E-state index contributed by atoms with van der Waals surface area (Å²) in [6.45, 7) is 12.1. The van der Waals surface area contributed by atoms with E-state index in [0.717, 1.165) is 18.8 Å². The molecular formula is C55H53NS. The summed E-state index contributed by atoms with van der Waals surface area (Å²) in [5, 5.41) is 0.318. The highest BCUT2D eigenvalue weighted by molar-refractivity contribution is 8.00. The zero-order valence-electron chi connectivity index (χ0n) is 34.1. The van der Waals surface area contributed by atoms with Crippen molar-refractivity contribution in [1.82, 2.24) is 0 Å². The second-order valence-corrected chi connectivity index (χ2v) is 19.9. The van der Waals surface area contributed by atoms with Crippen molar-refractivity contribution >= 4 is 23.0 Å². The molecule has 1 heterocycles. The summed E-state index contributed by atoms with van der Waals surface area (Å²) in [4.78, 5) is 4.21. The highest BCUT2D eigenvalue weighted by atomic mass is 32.2. The van der Waals surface area contributed by atoms with E-state index in [-0.39, 0.29) is 16.9 Å². The third kappa shape index (κ3) is 5.42. The lowest BCUT2D eigenvalue weighted by Crippen LogP contribution is -2.39. The molecule has 1 nitrogen and oxygen atoms in total. The average Bonchev–Trinajstić information content (AvgIpc) is 3.82. The molecule has 0 spiro atoms. The molecule has 11 rings (SSSR count). The molecule has 0 fully saturated rings. The first-order valence-electron chi connectivity index (χ1n) is 21.5. The molecule has 4 aromatic carbocycles. The van der Waals surface area contributed by atoms with Crippen molar-refractivity contribution in [2.45, 2.75) is 99.7 Å². The molecule has 5 atom stereocenters. The summed E-state index contributed by atoms with van der Waals surface area (Å²) < 4.78 is 0. The van der Waals surface area contributed by atoms with Gasteiger partial charge in [0.05, 0.1) is 11.3 Å². The Labute approximate surface area is 344 Å². The number of benzene rings is 4. The molecular weight excluding hydrogens is 707 g/mol. The molecule has 0 saturated carbocycles. The van der Waals surface area contributed by atoms with Crippen molar-refractivity contribution in [3.05, 3.63) is 184 Å². The van der Waals surface area contributed by atoms with Crippen molar-refractivity contribution in [3.63, 3.8) is 0 Å². The standard InChI is InChI=1S/C55H53NS/c1-34-12-10-13-37(32-34)35-20-25-39(26-21-35)56(40-27-22-36(23-28-40)38-24-29-42-41-14-6-8-17-46(41)55(4,5)49(42)33-38)50-19-11-16-43-44-30-31-48-51(53(44)57-52(43)50)45-15-7-9-18-47(45)54(48,2)3/h6-8,10-11,13-17,19-25,27-31,33-34,37,39,43,52H,9,12,18,26,32H2,1-5H3. The van der Waals surface area contributed by atoms with Gasteiger partial charge < -0.3 is 4.90 Å². The van der Waals surface area contributed by atoms with E-state index in [1.54, 1.807) is 5.57 Å². The molecule has 0 N–H and O–H groups in total. The monoisotopic (exact) mass is 759 g/mol. The van der Waals surface area contributed by atoms with Gasteiger partial charge in [0.25, 0.3) is 0 Å². The van der Waals surface area contributed by atoms with Crippen LogP contribution in [-0.2, 0) is 10.8 Å². The van der Waals surface area contributed by atoms with E-state index in [0.29, 0.717) is 17.1 Å². The molecule has 0 radical (unpaired) electrons. The predicted molar refractivity (Wildman–Crippen MR) is 243 cm³/mol. The number of thioether (sulfide) groups is 1. The first-order chi connectivity index (χ1) is 27.7. The molecule has 4 aromatic rings. The number of hydrogen-bond donors (Lipinski definition) is 0. The van der Waals surface area contributed by atoms with Crippen molar-refractivity contribution < 1.29 is 0 Å². The van der Waals surface area contributed by atoms with Gasteiger partial charge in [-0.05, 0) is 124 Å². The van der Waals surface area contributed by atoms with Gasteiger partial charge in [0.1, 0.15) is 0 Å². The van der Waals surface area contributed by atoms with Gasteiger partial charge in [-0.25, -0.2) is 0 Å². The Kier molecular flexibility index (Phi) is 8.14. The molecule has 284 valence electrons. The van der Waals surface area contributed by atoms with Crippen molar-refractivity contribution in [2.75, 3.05) is 4.90 Å². The van der Waals surface area contributed by atoms with Gasteiger partial charge in [0.15, 0.2) is 0 Å². The van der Waals surface area contributed by atoms with Crippen LogP contribution in [0.1, 0.15) is 100 Å². The van der Waals surface area contributed by atoms with Gasteiger partial charge in [-0.2, -0.15) is 0 Å². The average molecular weight is 760 g/mol. The Balaban J connectivity index is 0.959. The summed E-state index contributed by atoms with van der Waals surface area (Å²) in [5.74, 6) is 1.63. The van der Waals surface area contributed by atoms with Crippen LogP contribution >= 0.6 is 11.8 Å². The number of hydrogen-bond acceptors (Lipinski definition) is 2. The minimum Gasteiger partial charge on any atom is -0.337 e. The van der Waals surface area contributed by atoms with Crippen LogP contribution in [0.4, 0.5) is 5.69 Å². The molecule has 7 aliphatic rings. The third-order valence-corrected chi connectivity index (χ3v) is 16.1. The molecule has 1 aliphatic heterocycles. The Morgan fingerprint density at radius 3 is 2.39 bits per heavy atom. The number of nitrogens with zero attached hydrogens (tertiary/aromatic N) is 1. The smallest absolute Gasteiger partial charge is 0.0601 e. The van der Waals surface area contributed by atoms with Crippen LogP contribution in [0.2, 0.25) is 0 Å². The summed E-state index contributed by atoms with van der Waals surface area (Å²) >= 11 is 2.13. The van der Waals surface area contributed by atoms with E-state index in [2.05, 4.69) is 191 Å². The van der Waals surface area contributed by atoms with Crippen LogP contribution < -0.4 is 4.90 Å². The van der Waals surface area contributed by atoms with Crippen LogP contribution in [-0.4, -0.2) is 11.3 Å². The molecule has 0 saturated heterocycles. The number of allylic oxidation sites excluding steroid dienone is 11. The Morgan fingerprint density at radius 1 is 0.737 bits per heavy atom. The normalized spacial score (nSPS) is 26.6. The SMILES string of the molecule is CC1CC=CC(C2=CCC(N(C3=CC=CC4c5ccc6c(c5SC34)C3=C(CCC=C3)C6(C)C)c3ccc(-c4ccc5c(c4)C(C)(C)c4ccccc4-5)cc3)C=C2)C1. The molecule has 2 heteroatoms. The summed E-state index contributed by atoms with van der Waals surface area (Å²) in [7, 11) is 0. The fraction of sp³-hybridized carbons (Fsp3) is 0.309. The number of anilines is 1. The molecule has 0 amide bonds. The molecule has 6 aliphatic carbocycles. The second kappa shape index (κ2) is 13.1. The molecule has 57 heavy (non-hydrogen) atoms. The fourth-order valence-electron chi connectivity index (χ4n) is 11.5. The predicted octanol–water partition coefficient (Wildman–Crippen LogP) is 14.4. The lowest BCUT2D eigenvalue weighted by atomic mass is 9.78. The lowest BCUT2D eigenvalue weighted by Gasteiger charge is -2.39. The zero-order chi connectivity index (χ0) is 38.6. The maximum absolute atomic E-state index is 2.70. The van der Waals surface area contributed by atoms with Crippen LogP contribution in [0.3, 0.4) is 0 Å². The molecule has 5 unspecified atom stereocenters. The lowest BCUT2D eigenvalue weighted by molar-refractivity contribution is 0.463. The summed E-state index contributed by atoms with van der Waals surface area (Å²) in [6, 6.07) is 30.8. The van der Waals surface area contributed by atoms with E-state index in [1.165, 1.54) is 96.8 Å². The van der Waals surface area contributed by atoms with Gasteiger partial charge >= 0.3 is 0 Å². The highest BCUT2D eigenvalue weighted by Gasteiger charge is 2.45. The van der Waals surface area contributed by atoms with Crippen LogP contribution in [0.25, 0.3) is 27.8 Å². The van der Waals surface area contributed by atoms with Crippen molar-refractivity contribution in [3.8, 4) is 22.3 Å². The minimum atomic E-state index is -0.0148. The van der Waals surface area contributed by atoms with Crippen molar-refractivity contribution in [1.29, 1.82) is 0 Å². The number of fused-ring (bicyclic) bond motifs is 9. The Hall–Kier alpha value is -4.79. The van der Waals surface area contributed by atoms with E-state index >= 15 is 0 Å². The van der Waals surface area contributed by atoms with Gasteiger partial charge in [-0.1, -0.05) is 156 Å². The minimum absolute atomic E-state index is 0.0148. The van der Waals surface area contributed by atoms with E-state index in [9.17, 15) is 0 Å². The number of rotatable bonds is 5. The Bertz CT molecular complexity index is 2560. The van der Waals surface area contributed by atoms with Gasteiger partial charge in [-0.3, -0.25) is 0 Å². The van der Waals surface area contributed by atoms with E-state index in [1.807, 2.05) is 0 Å².